The molecule has 3 aromatic heterocycles. The van der Waals surface area contributed by atoms with Crippen molar-refractivity contribution in [2.24, 2.45) is 0 Å². The molecule has 0 saturated heterocycles. The molecule has 0 atom stereocenters. The standard InChI is InChI=1S/C18H14N4O/c1-13-9-19-17-8-7-14(12-22(13)17)15-10-20-18(21-11-15)23-16-5-3-2-4-6-16/h2-12H,1H3. The normalized spacial score (nSPS) is 10.8. The molecule has 0 bridgehead atoms. The number of ether oxygens (including phenoxy) is 1. The highest BCUT2D eigenvalue weighted by molar-refractivity contribution is 5.63. The molecule has 4 rings (SSSR count). The van der Waals surface area contributed by atoms with E-state index in [0.29, 0.717) is 6.01 Å². The summed E-state index contributed by atoms with van der Waals surface area (Å²) in [5.41, 5.74) is 3.98. The molecule has 5 nitrogen and oxygen atoms in total. The predicted octanol–water partition coefficient (Wildman–Crippen LogP) is 3.89. The molecule has 0 spiro atoms. The van der Waals surface area contributed by atoms with Gasteiger partial charge in [0.15, 0.2) is 0 Å². The van der Waals surface area contributed by atoms with Crippen LogP contribution in [0.4, 0.5) is 0 Å². The van der Waals surface area contributed by atoms with Crippen molar-refractivity contribution in [3.63, 3.8) is 0 Å². The zero-order valence-corrected chi connectivity index (χ0v) is 12.5. The van der Waals surface area contributed by atoms with E-state index in [0.717, 1.165) is 28.2 Å². The summed E-state index contributed by atoms with van der Waals surface area (Å²) < 4.78 is 7.65. The van der Waals surface area contributed by atoms with Crippen molar-refractivity contribution in [1.29, 1.82) is 0 Å². The van der Waals surface area contributed by atoms with Crippen LogP contribution in [0.2, 0.25) is 0 Å². The zero-order chi connectivity index (χ0) is 15.6. The van der Waals surface area contributed by atoms with E-state index >= 15 is 0 Å². The quantitative estimate of drug-likeness (QED) is 0.576. The summed E-state index contributed by atoms with van der Waals surface area (Å²) in [5.74, 6) is 0.718. The third-order valence-corrected chi connectivity index (χ3v) is 3.60. The van der Waals surface area contributed by atoms with Gasteiger partial charge >= 0.3 is 6.01 Å². The van der Waals surface area contributed by atoms with E-state index in [2.05, 4.69) is 15.0 Å². The SMILES string of the molecule is Cc1cnc2ccc(-c3cnc(Oc4ccccc4)nc3)cn12. The Balaban J connectivity index is 1.62. The third-order valence-electron chi connectivity index (χ3n) is 3.60. The molecule has 1 aromatic carbocycles. The smallest absolute Gasteiger partial charge is 0.321 e. The maximum Gasteiger partial charge on any atom is 0.321 e. The molecule has 0 unspecified atom stereocenters. The van der Waals surface area contributed by atoms with E-state index in [9.17, 15) is 0 Å². The molecule has 0 aliphatic carbocycles. The van der Waals surface area contributed by atoms with Gasteiger partial charge in [0.1, 0.15) is 11.4 Å². The minimum Gasteiger partial charge on any atom is -0.424 e. The number of hydrogen-bond acceptors (Lipinski definition) is 4. The first-order valence-electron chi connectivity index (χ1n) is 7.29. The van der Waals surface area contributed by atoms with Gasteiger partial charge in [-0.15, -0.1) is 0 Å². The van der Waals surface area contributed by atoms with Crippen LogP contribution in [-0.2, 0) is 0 Å². The van der Waals surface area contributed by atoms with Crippen molar-refractivity contribution in [1.82, 2.24) is 19.4 Å². The first-order valence-corrected chi connectivity index (χ1v) is 7.29. The highest BCUT2D eigenvalue weighted by Gasteiger charge is 2.05. The van der Waals surface area contributed by atoms with Crippen LogP contribution in [0.15, 0.2) is 67.3 Å². The van der Waals surface area contributed by atoms with Crippen molar-refractivity contribution in [2.75, 3.05) is 0 Å². The second-order valence-corrected chi connectivity index (χ2v) is 5.21. The fourth-order valence-electron chi connectivity index (χ4n) is 2.39. The van der Waals surface area contributed by atoms with Crippen molar-refractivity contribution >= 4 is 5.65 Å². The first-order chi connectivity index (χ1) is 11.3. The fourth-order valence-corrected chi connectivity index (χ4v) is 2.39. The highest BCUT2D eigenvalue weighted by Crippen LogP contribution is 2.22. The van der Waals surface area contributed by atoms with Gasteiger partial charge in [0, 0.05) is 41.6 Å². The molecule has 3 heterocycles. The van der Waals surface area contributed by atoms with Crippen LogP contribution >= 0.6 is 0 Å². The van der Waals surface area contributed by atoms with E-state index < -0.39 is 0 Å². The largest absolute Gasteiger partial charge is 0.424 e. The van der Waals surface area contributed by atoms with Crippen molar-refractivity contribution in [3.05, 3.63) is 72.9 Å². The van der Waals surface area contributed by atoms with Crippen LogP contribution < -0.4 is 4.74 Å². The Bertz CT molecular complexity index is 946. The van der Waals surface area contributed by atoms with E-state index in [-0.39, 0.29) is 0 Å². The molecule has 0 fully saturated rings. The molecule has 0 aliphatic rings. The van der Waals surface area contributed by atoms with Gasteiger partial charge in [-0.3, -0.25) is 0 Å². The maximum absolute atomic E-state index is 5.61. The number of para-hydroxylation sites is 1. The number of hydrogen-bond donors (Lipinski definition) is 0. The number of rotatable bonds is 3. The highest BCUT2D eigenvalue weighted by atomic mass is 16.5. The Hall–Kier alpha value is -3.21. The lowest BCUT2D eigenvalue weighted by Crippen LogP contribution is -1.93. The van der Waals surface area contributed by atoms with Crippen molar-refractivity contribution < 1.29 is 4.74 Å². The van der Waals surface area contributed by atoms with E-state index in [4.69, 9.17) is 4.74 Å². The zero-order valence-electron chi connectivity index (χ0n) is 12.5. The molecule has 4 aromatic rings. The minimum absolute atomic E-state index is 0.333. The van der Waals surface area contributed by atoms with Gasteiger partial charge in [0.25, 0.3) is 0 Å². The summed E-state index contributed by atoms with van der Waals surface area (Å²) >= 11 is 0. The Morgan fingerprint density at radius 1 is 0.826 bits per heavy atom. The van der Waals surface area contributed by atoms with Crippen molar-refractivity contribution in [2.45, 2.75) is 6.92 Å². The molecule has 5 heteroatoms. The second-order valence-electron chi connectivity index (χ2n) is 5.21. The molecular formula is C18H14N4O. The predicted molar refractivity (Wildman–Crippen MR) is 87.5 cm³/mol. The molecule has 0 amide bonds. The van der Waals surface area contributed by atoms with Crippen LogP contribution in [0.5, 0.6) is 11.8 Å². The van der Waals surface area contributed by atoms with Crippen molar-refractivity contribution in [3.8, 4) is 22.9 Å². The van der Waals surface area contributed by atoms with E-state index in [1.54, 1.807) is 12.4 Å². The average Bonchev–Trinajstić information content (AvgIpc) is 2.97. The summed E-state index contributed by atoms with van der Waals surface area (Å²) in [5, 5.41) is 0. The Kier molecular flexibility index (Phi) is 3.24. The van der Waals surface area contributed by atoms with Crippen LogP contribution in [0.3, 0.4) is 0 Å². The first kappa shape index (κ1) is 13.5. The Labute approximate surface area is 133 Å². The Morgan fingerprint density at radius 3 is 2.39 bits per heavy atom. The summed E-state index contributed by atoms with van der Waals surface area (Å²) in [6, 6.07) is 13.8. The van der Waals surface area contributed by atoms with Gasteiger partial charge in [0.05, 0.1) is 0 Å². The lowest BCUT2D eigenvalue weighted by Gasteiger charge is -2.05. The van der Waals surface area contributed by atoms with Crippen LogP contribution in [-0.4, -0.2) is 19.4 Å². The number of benzene rings is 1. The van der Waals surface area contributed by atoms with E-state index in [1.165, 1.54) is 0 Å². The average molecular weight is 302 g/mol. The van der Waals surface area contributed by atoms with Gasteiger partial charge in [-0.1, -0.05) is 18.2 Å². The monoisotopic (exact) mass is 302 g/mol. The molecule has 23 heavy (non-hydrogen) atoms. The van der Waals surface area contributed by atoms with Gasteiger partial charge < -0.3 is 9.14 Å². The molecular weight excluding hydrogens is 288 g/mol. The molecule has 0 aliphatic heterocycles. The van der Waals surface area contributed by atoms with Crippen LogP contribution in [0.1, 0.15) is 5.69 Å². The van der Waals surface area contributed by atoms with Gasteiger partial charge in [-0.05, 0) is 31.2 Å². The fraction of sp³-hybridized carbons (Fsp3) is 0.0556. The number of imidazole rings is 1. The van der Waals surface area contributed by atoms with Gasteiger partial charge in [-0.2, -0.15) is 0 Å². The molecule has 0 radical (unpaired) electrons. The number of nitrogens with zero attached hydrogens (tertiary/aromatic N) is 4. The lowest BCUT2D eigenvalue weighted by atomic mass is 10.1. The van der Waals surface area contributed by atoms with E-state index in [1.807, 2.05) is 66.2 Å². The number of aromatic nitrogens is 4. The maximum atomic E-state index is 5.61. The van der Waals surface area contributed by atoms with Gasteiger partial charge in [0.2, 0.25) is 0 Å². The number of pyridine rings is 1. The van der Waals surface area contributed by atoms with Crippen LogP contribution in [0.25, 0.3) is 16.8 Å². The Morgan fingerprint density at radius 2 is 1.61 bits per heavy atom. The topological polar surface area (TPSA) is 52.3 Å². The molecule has 112 valence electrons. The third kappa shape index (κ3) is 2.64. The summed E-state index contributed by atoms with van der Waals surface area (Å²) in [6.07, 6.45) is 7.41. The minimum atomic E-state index is 0.333. The molecule has 0 N–H and O–H groups in total. The summed E-state index contributed by atoms with van der Waals surface area (Å²) in [4.78, 5) is 12.9. The second kappa shape index (κ2) is 5.53. The number of aryl methyl sites for hydroxylation is 1. The van der Waals surface area contributed by atoms with Gasteiger partial charge in [-0.25, -0.2) is 15.0 Å². The molecule has 0 saturated carbocycles. The summed E-state index contributed by atoms with van der Waals surface area (Å²) in [7, 11) is 0. The lowest BCUT2D eigenvalue weighted by molar-refractivity contribution is 0.442. The number of fused-ring (bicyclic) bond motifs is 1. The van der Waals surface area contributed by atoms with Crippen LogP contribution in [0, 0.1) is 6.92 Å². The summed E-state index contributed by atoms with van der Waals surface area (Å²) in [6.45, 7) is 2.02.